The second-order valence-electron chi connectivity index (χ2n) is 3.87. The molecule has 94 valence electrons. The van der Waals surface area contributed by atoms with Crippen LogP contribution in [0.1, 0.15) is 22.8 Å². The second kappa shape index (κ2) is 5.54. The van der Waals surface area contributed by atoms with Crippen molar-refractivity contribution in [2.24, 2.45) is 5.73 Å². The van der Waals surface area contributed by atoms with Crippen molar-refractivity contribution in [2.45, 2.75) is 19.4 Å². The van der Waals surface area contributed by atoms with Gasteiger partial charge < -0.3 is 20.3 Å². The normalized spacial score (nSPS) is 12.0. The quantitative estimate of drug-likeness (QED) is 0.809. The highest BCUT2D eigenvalue weighted by Crippen LogP contribution is 2.32. The number of nitrogens with two attached hydrogens (primary N) is 1. The Labute approximate surface area is 100 Å². The number of carboxylic acids is 1. The van der Waals surface area contributed by atoms with Gasteiger partial charge in [-0.3, -0.25) is 0 Å². The smallest absolute Gasteiger partial charge is 0.339 e. The molecule has 0 aliphatic heterocycles. The number of carboxylic acid groups (broad SMARTS) is 1. The van der Waals surface area contributed by atoms with Crippen molar-refractivity contribution in [3.63, 3.8) is 0 Å². The fourth-order valence-electron chi connectivity index (χ4n) is 1.67. The molecule has 1 aromatic carbocycles. The zero-order valence-corrected chi connectivity index (χ0v) is 10.2. The van der Waals surface area contributed by atoms with Crippen molar-refractivity contribution in [3.8, 4) is 11.5 Å². The van der Waals surface area contributed by atoms with E-state index in [2.05, 4.69) is 0 Å². The molecule has 0 aliphatic carbocycles. The van der Waals surface area contributed by atoms with Gasteiger partial charge in [-0.1, -0.05) is 0 Å². The lowest BCUT2D eigenvalue weighted by atomic mass is 10.0. The van der Waals surface area contributed by atoms with E-state index in [1.165, 1.54) is 14.2 Å². The summed E-state index contributed by atoms with van der Waals surface area (Å²) in [5.41, 5.74) is 6.59. The summed E-state index contributed by atoms with van der Waals surface area (Å²) >= 11 is 0. The molecular weight excluding hydrogens is 222 g/mol. The van der Waals surface area contributed by atoms with Crippen LogP contribution in [0.3, 0.4) is 0 Å². The summed E-state index contributed by atoms with van der Waals surface area (Å²) in [5.74, 6) is -0.414. The van der Waals surface area contributed by atoms with Crippen molar-refractivity contribution >= 4 is 5.97 Å². The first-order valence-corrected chi connectivity index (χ1v) is 5.23. The third kappa shape index (κ3) is 3.10. The monoisotopic (exact) mass is 239 g/mol. The zero-order chi connectivity index (χ0) is 13.0. The summed E-state index contributed by atoms with van der Waals surface area (Å²) in [6.45, 7) is 1.86. The third-order valence-electron chi connectivity index (χ3n) is 2.33. The lowest BCUT2D eigenvalue weighted by Gasteiger charge is -2.13. The van der Waals surface area contributed by atoms with Crippen LogP contribution in [0.2, 0.25) is 0 Å². The molecule has 17 heavy (non-hydrogen) atoms. The highest BCUT2D eigenvalue weighted by molar-refractivity contribution is 5.92. The highest BCUT2D eigenvalue weighted by atomic mass is 16.5. The SMILES string of the molecule is COc1cc(CC(C)N)cc(C(=O)O)c1OC. The molecule has 1 unspecified atom stereocenters. The Balaban J connectivity index is 3.29. The topological polar surface area (TPSA) is 81.8 Å². The number of carbonyl (C=O) groups is 1. The average Bonchev–Trinajstić information content (AvgIpc) is 2.26. The van der Waals surface area contributed by atoms with Gasteiger partial charge in [0.25, 0.3) is 0 Å². The van der Waals surface area contributed by atoms with Crippen LogP contribution in [0.25, 0.3) is 0 Å². The molecule has 0 spiro atoms. The summed E-state index contributed by atoms with van der Waals surface area (Å²) in [7, 11) is 2.88. The minimum Gasteiger partial charge on any atom is -0.493 e. The summed E-state index contributed by atoms with van der Waals surface area (Å²) in [6.07, 6.45) is 0.584. The molecule has 0 bridgehead atoms. The standard InChI is InChI=1S/C12H17NO4/c1-7(13)4-8-5-9(12(14)15)11(17-3)10(6-8)16-2/h5-7H,4,13H2,1-3H3,(H,14,15). The molecular formula is C12H17NO4. The van der Waals surface area contributed by atoms with Gasteiger partial charge in [-0.2, -0.15) is 0 Å². The van der Waals surface area contributed by atoms with Crippen LogP contribution in [0.5, 0.6) is 11.5 Å². The minimum atomic E-state index is -1.05. The minimum absolute atomic E-state index is 0.0465. The van der Waals surface area contributed by atoms with E-state index < -0.39 is 5.97 Å². The number of hydrogen-bond donors (Lipinski definition) is 2. The van der Waals surface area contributed by atoms with E-state index >= 15 is 0 Å². The van der Waals surface area contributed by atoms with E-state index in [1.54, 1.807) is 12.1 Å². The molecule has 0 radical (unpaired) electrons. The van der Waals surface area contributed by atoms with Gasteiger partial charge in [-0.05, 0) is 31.0 Å². The molecule has 1 atom stereocenters. The Hall–Kier alpha value is -1.75. The van der Waals surface area contributed by atoms with Crippen LogP contribution < -0.4 is 15.2 Å². The van der Waals surface area contributed by atoms with Gasteiger partial charge in [0.15, 0.2) is 11.5 Å². The maximum Gasteiger partial charge on any atom is 0.339 e. The van der Waals surface area contributed by atoms with Crippen LogP contribution in [-0.2, 0) is 6.42 Å². The van der Waals surface area contributed by atoms with Crippen LogP contribution >= 0.6 is 0 Å². The van der Waals surface area contributed by atoms with E-state index in [4.69, 9.17) is 20.3 Å². The first-order chi connectivity index (χ1) is 7.99. The number of ether oxygens (including phenoxy) is 2. The number of methoxy groups -OCH3 is 2. The average molecular weight is 239 g/mol. The molecule has 0 aliphatic rings. The highest BCUT2D eigenvalue weighted by Gasteiger charge is 2.18. The summed E-state index contributed by atoms with van der Waals surface area (Å²) in [4.78, 5) is 11.1. The molecule has 0 heterocycles. The van der Waals surface area contributed by atoms with Crippen LogP contribution in [0, 0.1) is 0 Å². The largest absolute Gasteiger partial charge is 0.493 e. The number of aromatic carboxylic acids is 1. The molecule has 0 saturated carbocycles. The Morgan fingerprint density at radius 1 is 1.41 bits per heavy atom. The Morgan fingerprint density at radius 2 is 2.06 bits per heavy atom. The van der Waals surface area contributed by atoms with Crippen LogP contribution in [-0.4, -0.2) is 31.3 Å². The lowest BCUT2D eigenvalue weighted by Crippen LogP contribution is -2.18. The third-order valence-corrected chi connectivity index (χ3v) is 2.33. The van der Waals surface area contributed by atoms with Gasteiger partial charge in [0.2, 0.25) is 0 Å². The van der Waals surface area contributed by atoms with E-state index in [9.17, 15) is 4.79 Å². The van der Waals surface area contributed by atoms with E-state index in [-0.39, 0.29) is 17.4 Å². The van der Waals surface area contributed by atoms with Crippen LogP contribution in [0.15, 0.2) is 12.1 Å². The second-order valence-corrected chi connectivity index (χ2v) is 3.87. The Bertz CT molecular complexity index is 415. The van der Waals surface area contributed by atoms with Crippen molar-refractivity contribution < 1.29 is 19.4 Å². The molecule has 0 amide bonds. The maximum atomic E-state index is 11.1. The van der Waals surface area contributed by atoms with Crippen molar-refractivity contribution in [1.82, 2.24) is 0 Å². The predicted molar refractivity (Wildman–Crippen MR) is 63.9 cm³/mol. The molecule has 3 N–H and O–H groups in total. The van der Waals surface area contributed by atoms with E-state index in [0.717, 1.165) is 5.56 Å². The van der Waals surface area contributed by atoms with Gasteiger partial charge in [0.1, 0.15) is 5.56 Å². The molecule has 0 fully saturated rings. The molecule has 1 rings (SSSR count). The Morgan fingerprint density at radius 3 is 2.47 bits per heavy atom. The van der Waals surface area contributed by atoms with Crippen molar-refractivity contribution in [1.29, 1.82) is 0 Å². The van der Waals surface area contributed by atoms with Gasteiger partial charge in [-0.15, -0.1) is 0 Å². The number of benzene rings is 1. The first kappa shape index (κ1) is 13.3. The molecule has 5 nitrogen and oxygen atoms in total. The summed E-state index contributed by atoms with van der Waals surface area (Å²) in [6, 6.07) is 3.26. The number of rotatable bonds is 5. The first-order valence-electron chi connectivity index (χ1n) is 5.23. The fraction of sp³-hybridized carbons (Fsp3) is 0.417. The zero-order valence-electron chi connectivity index (χ0n) is 10.2. The fourth-order valence-corrected chi connectivity index (χ4v) is 1.67. The lowest BCUT2D eigenvalue weighted by molar-refractivity contribution is 0.0692. The molecule has 0 saturated heterocycles. The van der Waals surface area contributed by atoms with E-state index in [0.29, 0.717) is 12.2 Å². The molecule has 0 aromatic heterocycles. The van der Waals surface area contributed by atoms with Crippen molar-refractivity contribution in [2.75, 3.05) is 14.2 Å². The molecule has 1 aromatic rings. The van der Waals surface area contributed by atoms with Gasteiger partial charge in [0, 0.05) is 6.04 Å². The van der Waals surface area contributed by atoms with Gasteiger partial charge in [-0.25, -0.2) is 4.79 Å². The van der Waals surface area contributed by atoms with Gasteiger partial charge in [0.05, 0.1) is 14.2 Å². The molecule has 5 heteroatoms. The predicted octanol–water partition coefficient (Wildman–Crippen LogP) is 1.29. The number of hydrogen-bond acceptors (Lipinski definition) is 4. The van der Waals surface area contributed by atoms with E-state index in [1.807, 2.05) is 6.92 Å². The van der Waals surface area contributed by atoms with Crippen LogP contribution in [0.4, 0.5) is 0 Å². The van der Waals surface area contributed by atoms with Gasteiger partial charge >= 0.3 is 5.97 Å². The summed E-state index contributed by atoms with van der Waals surface area (Å²) in [5, 5.41) is 9.11. The Kier molecular flexibility index (Phi) is 4.34. The van der Waals surface area contributed by atoms with Crippen molar-refractivity contribution in [3.05, 3.63) is 23.3 Å². The summed E-state index contributed by atoms with van der Waals surface area (Å²) < 4.78 is 10.2. The maximum absolute atomic E-state index is 11.1.